The van der Waals surface area contributed by atoms with E-state index in [1.54, 1.807) is 0 Å². The molecule has 0 bridgehead atoms. The lowest BCUT2D eigenvalue weighted by Crippen LogP contribution is -2.09. The van der Waals surface area contributed by atoms with Gasteiger partial charge in [0.25, 0.3) is 0 Å². The minimum atomic E-state index is 0.627. The summed E-state index contributed by atoms with van der Waals surface area (Å²) in [7, 11) is 4.05. The smallest absolute Gasteiger partial charge is 0.137 e. The van der Waals surface area contributed by atoms with E-state index in [2.05, 4.69) is 9.27 Å². The number of anilines is 1. The standard InChI is InChI=1S/C6H11N3S/c1-9(2)4-5-3-6(7)8-10-5/h3H,4H2,1-2H3,(H2,7,8). The highest BCUT2D eigenvalue weighted by molar-refractivity contribution is 7.06. The third-order valence-electron chi connectivity index (χ3n) is 1.05. The number of hydrogen-bond acceptors (Lipinski definition) is 4. The zero-order chi connectivity index (χ0) is 7.56. The van der Waals surface area contributed by atoms with Gasteiger partial charge in [-0.15, -0.1) is 0 Å². The van der Waals surface area contributed by atoms with Crippen molar-refractivity contribution in [2.24, 2.45) is 0 Å². The molecule has 0 unspecified atom stereocenters. The van der Waals surface area contributed by atoms with E-state index in [1.165, 1.54) is 16.4 Å². The molecular formula is C6H11N3S. The van der Waals surface area contributed by atoms with E-state index in [1.807, 2.05) is 20.2 Å². The van der Waals surface area contributed by atoms with E-state index in [9.17, 15) is 0 Å². The average Bonchev–Trinajstić information content (AvgIpc) is 2.13. The molecule has 1 heterocycles. The van der Waals surface area contributed by atoms with Crippen LogP contribution >= 0.6 is 11.5 Å². The first-order valence-corrected chi connectivity index (χ1v) is 3.81. The second kappa shape index (κ2) is 2.98. The number of nitrogens with zero attached hydrogens (tertiary/aromatic N) is 2. The second-order valence-corrected chi connectivity index (χ2v) is 3.35. The Hall–Kier alpha value is -0.610. The van der Waals surface area contributed by atoms with Crippen molar-refractivity contribution < 1.29 is 0 Å². The summed E-state index contributed by atoms with van der Waals surface area (Å²) >= 11 is 1.46. The van der Waals surface area contributed by atoms with Crippen molar-refractivity contribution >= 4 is 17.4 Å². The summed E-state index contributed by atoms with van der Waals surface area (Å²) in [5, 5.41) is 0. The highest BCUT2D eigenvalue weighted by Gasteiger charge is 1.98. The van der Waals surface area contributed by atoms with Crippen LogP contribution in [0.2, 0.25) is 0 Å². The van der Waals surface area contributed by atoms with Gasteiger partial charge in [-0.25, -0.2) is 0 Å². The van der Waals surface area contributed by atoms with Crippen LogP contribution in [0.1, 0.15) is 4.88 Å². The quantitative estimate of drug-likeness (QED) is 0.690. The first-order valence-electron chi connectivity index (χ1n) is 3.04. The first-order chi connectivity index (χ1) is 4.68. The van der Waals surface area contributed by atoms with Crippen molar-refractivity contribution in [1.82, 2.24) is 9.27 Å². The third kappa shape index (κ3) is 1.97. The maximum Gasteiger partial charge on any atom is 0.137 e. The fourth-order valence-corrected chi connectivity index (χ4v) is 1.48. The van der Waals surface area contributed by atoms with Crippen LogP contribution in [0.15, 0.2) is 6.07 Å². The Balaban J connectivity index is 2.58. The molecule has 0 fully saturated rings. The van der Waals surface area contributed by atoms with Crippen LogP contribution in [0.4, 0.5) is 5.82 Å². The van der Waals surface area contributed by atoms with E-state index < -0.39 is 0 Å². The minimum Gasteiger partial charge on any atom is -0.383 e. The van der Waals surface area contributed by atoms with Crippen LogP contribution in [0, 0.1) is 0 Å². The van der Waals surface area contributed by atoms with Crippen molar-refractivity contribution in [2.75, 3.05) is 19.8 Å². The van der Waals surface area contributed by atoms with Crippen LogP contribution < -0.4 is 5.73 Å². The predicted molar refractivity (Wildman–Crippen MR) is 43.9 cm³/mol. The summed E-state index contributed by atoms with van der Waals surface area (Å²) in [5.74, 6) is 0.627. The van der Waals surface area contributed by atoms with Crippen molar-refractivity contribution in [1.29, 1.82) is 0 Å². The maximum absolute atomic E-state index is 5.44. The largest absolute Gasteiger partial charge is 0.383 e. The van der Waals surface area contributed by atoms with Gasteiger partial charge >= 0.3 is 0 Å². The molecule has 10 heavy (non-hydrogen) atoms. The Morgan fingerprint density at radius 1 is 1.70 bits per heavy atom. The molecule has 0 saturated carbocycles. The molecule has 0 spiro atoms. The lowest BCUT2D eigenvalue weighted by molar-refractivity contribution is 0.406. The lowest BCUT2D eigenvalue weighted by Gasteiger charge is -2.04. The molecule has 2 N–H and O–H groups in total. The molecule has 0 saturated heterocycles. The van der Waals surface area contributed by atoms with E-state index in [0.29, 0.717) is 5.82 Å². The topological polar surface area (TPSA) is 42.1 Å². The van der Waals surface area contributed by atoms with Crippen molar-refractivity contribution in [3.63, 3.8) is 0 Å². The summed E-state index contributed by atoms with van der Waals surface area (Å²) in [5.41, 5.74) is 5.44. The second-order valence-electron chi connectivity index (χ2n) is 2.46. The molecule has 1 rings (SSSR count). The predicted octanol–water partition coefficient (Wildman–Crippen LogP) is 0.787. The Kier molecular flexibility index (Phi) is 2.24. The van der Waals surface area contributed by atoms with Crippen LogP contribution in [-0.4, -0.2) is 23.4 Å². The van der Waals surface area contributed by atoms with Gasteiger partial charge < -0.3 is 10.6 Å². The van der Waals surface area contributed by atoms with Crippen LogP contribution in [-0.2, 0) is 6.54 Å². The molecule has 1 aromatic rings. The molecule has 56 valence electrons. The highest BCUT2D eigenvalue weighted by Crippen LogP contribution is 2.11. The molecule has 1 aromatic heterocycles. The van der Waals surface area contributed by atoms with Crippen molar-refractivity contribution in [3.8, 4) is 0 Å². The minimum absolute atomic E-state index is 0.627. The van der Waals surface area contributed by atoms with Gasteiger partial charge in [-0.3, -0.25) is 0 Å². The van der Waals surface area contributed by atoms with Gasteiger partial charge in [0.05, 0.1) is 0 Å². The van der Waals surface area contributed by atoms with Gasteiger partial charge in [0.2, 0.25) is 0 Å². The summed E-state index contributed by atoms with van der Waals surface area (Å²) in [6, 6.07) is 1.91. The Morgan fingerprint density at radius 3 is 2.80 bits per heavy atom. The normalized spacial score (nSPS) is 10.7. The van der Waals surface area contributed by atoms with Gasteiger partial charge in [0.1, 0.15) is 5.82 Å². The number of nitrogen functional groups attached to an aromatic ring is 1. The van der Waals surface area contributed by atoms with E-state index in [0.717, 1.165) is 6.54 Å². The van der Waals surface area contributed by atoms with Gasteiger partial charge in [0.15, 0.2) is 0 Å². The number of rotatable bonds is 2. The van der Waals surface area contributed by atoms with Gasteiger partial charge in [-0.2, -0.15) is 4.37 Å². The number of nitrogens with two attached hydrogens (primary N) is 1. The SMILES string of the molecule is CN(C)Cc1cc(N)ns1. The fourth-order valence-electron chi connectivity index (χ4n) is 0.715. The van der Waals surface area contributed by atoms with Gasteiger partial charge in [-0.1, -0.05) is 0 Å². The Labute approximate surface area is 64.6 Å². The van der Waals surface area contributed by atoms with E-state index >= 15 is 0 Å². The fraction of sp³-hybridized carbons (Fsp3) is 0.500. The van der Waals surface area contributed by atoms with Crippen molar-refractivity contribution in [3.05, 3.63) is 10.9 Å². The summed E-state index contributed by atoms with van der Waals surface area (Å²) in [4.78, 5) is 3.30. The molecule has 3 nitrogen and oxygen atoms in total. The molecule has 0 aliphatic heterocycles. The summed E-state index contributed by atoms with van der Waals surface area (Å²) in [6.45, 7) is 0.925. The lowest BCUT2D eigenvalue weighted by atomic mass is 10.4. The molecule has 0 aromatic carbocycles. The van der Waals surface area contributed by atoms with Crippen LogP contribution in [0.5, 0.6) is 0 Å². The summed E-state index contributed by atoms with van der Waals surface area (Å²) in [6.07, 6.45) is 0. The molecule has 0 amide bonds. The van der Waals surface area contributed by atoms with Gasteiger partial charge in [0, 0.05) is 11.4 Å². The molecule has 0 aliphatic rings. The van der Waals surface area contributed by atoms with Crippen LogP contribution in [0.3, 0.4) is 0 Å². The van der Waals surface area contributed by atoms with Crippen LogP contribution in [0.25, 0.3) is 0 Å². The third-order valence-corrected chi connectivity index (χ3v) is 1.83. The molecule has 0 radical (unpaired) electrons. The Bertz CT molecular complexity index is 207. The average molecular weight is 157 g/mol. The Morgan fingerprint density at radius 2 is 2.40 bits per heavy atom. The molecule has 0 aliphatic carbocycles. The number of hydrogen-bond donors (Lipinski definition) is 1. The van der Waals surface area contributed by atoms with E-state index in [-0.39, 0.29) is 0 Å². The maximum atomic E-state index is 5.44. The summed E-state index contributed by atoms with van der Waals surface area (Å²) < 4.78 is 3.96. The van der Waals surface area contributed by atoms with Gasteiger partial charge in [-0.05, 0) is 31.7 Å². The zero-order valence-corrected chi connectivity index (χ0v) is 6.98. The first kappa shape index (κ1) is 7.50. The molecular weight excluding hydrogens is 146 g/mol. The zero-order valence-electron chi connectivity index (χ0n) is 6.16. The molecule has 4 heteroatoms. The van der Waals surface area contributed by atoms with E-state index in [4.69, 9.17) is 5.73 Å². The molecule has 0 atom stereocenters. The highest BCUT2D eigenvalue weighted by atomic mass is 32.1. The number of aromatic nitrogens is 1. The van der Waals surface area contributed by atoms with Crippen molar-refractivity contribution in [2.45, 2.75) is 6.54 Å². The monoisotopic (exact) mass is 157 g/mol.